The maximum Gasteiger partial charge on any atom is 0.311 e. The van der Waals surface area contributed by atoms with E-state index in [0.717, 1.165) is 0 Å². The molecule has 0 unspecified atom stereocenters. The molecule has 4 nitrogen and oxygen atoms in total. The highest BCUT2D eigenvalue weighted by molar-refractivity contribution is 7.06. The minimum Gasteiger partial charge on any atom is -0.461 e. The van der Waals surface area contributed by atoms with Crippen molar-refractivity contribution in [3.05, 3.63) is 0 Å². The van der Waals surface area contributed by atoms with Crippen LogP contribution in [0.15, 0.2) is 0 Å². The van der Waals surface area contributed by atoms with Crippen LogP contribution in [0, 0.1) is 0 Å². The predicted molar refractivity (Wildman–Crippen MR) is 124 cm³/mol. The Morgan fingerprint density at radius 1 is 0.714 bits per heavy atom. The number of hydrogen-bond donors (Lipinski definition) is 0. The number of ether oxygens (including phenoxy) is 2. The summed E-state index contributed by atoms with van der Waals surface area (Å²) < 4.78 is 11.1. The fourth-order valence-corrected chi connectivity index (χ4v) is 19.7. The predicted octanol–water partition coefficient (Wildman–Crippen LogP) is 6.58. The van der Waals surface area contributed by atoms with E-state index in [1.807, 2.05) is 34.6 Å². The van der Waals surface area contributed by atoms with Gasteiger partial charge in [0.15, 0.2) is 0 Å². The first-order valence-corrected chi connectivity index (χ1v) is 16.3. The van der Waals surface area contributed by atoms with E-state index in [9.17, 15) is 9.59 Å². The zero-order valence-electron chi connectivity index (χ0n) is 21.2. The highest BCUT2D eigenvalue weighted by atomic mass is 28.4. The van der Waals surface area contributed by atoms with Crippen molar-refractivity contribution in [3.8, 4) is 0 Å². The number of carbonyl (C=O) groups is 2. The van der Waals surface area contributed by atoms with E-state index in [1.165, 1.54) is 0 Å². The first-order valence-electron chi connectivity index (χ1n) is 10.3. The zero-order valence-corrected chi connectivity index (χ0v) is 23.2. The largest absolute Gasteiger partial charge is 0.461 e. The number of rotatable bonds is 6. The molecule has 0 aromatic carbocycles. The summed E-state index contributed by atoms with van der Waals surface area (Å²) in [6, 6.07) is 0. The summed E-state index contributed by atoms with van der Waals surface area (Å²) in [5, 5.41) is -0.216. The Bertz CT molecular complexity index is 559. The SMILES string of the molecule is CC(C)(C)OC(=O)C(C(C)(C)OC=O)([Si](C)(C)C(C)(C)C)[Si](C)(C)C(C)(C)C. The molecular weight excluding hydrogens is 384 g/mol. The monoisotopic (exact) mass is 430 g/mol. The fraction of sp³-hybridized carbons (Fsp3) is 0.909. The molecule has 0 rings (SSSR count). The molecule has 0 spiro atoms. The maximum absolute atomic E-state index is 14.2. The van der Waals surface area contributed by atoms with Crippen LogP contribution in [0.2, 0.25) is 40.9 Å². The molecule has 0 bridgehead atoms. The van der Waals surface area contributed by atoms with Crippen LogP contribution in [-0.2, 0) is 19.1 Å². The molecule has 166 valence electrons. The van der Waals surface area contributed by atoms with Gasteiger partial charge in [0.2, 0.25) is 0 Å². The molecule has 0 atom stereocenters. The topological polar surface area (TPSA) is 52.6 Å². The molecule has 0 aliphatic heterocycles. The van der Waals surface area contributed by atoms with Gasteiger partial charge in [0.1, 0.15) is 11.2 Å². The quantitative estimate of drug-likeness (QED) is 0.271. The minimum atomic E-state index is -2.46. The van der Waals surface area contributed by atoms with Gasteiger partial charge in [0, 0.05) is 0 Å². The molecule has 6 heteroatoms. The van der Waals surface area contributed by atoms with E-state index in [0.29, 0.717) is 6.47 Å². The molecule has 0 heterocycles. The molecule has 0 saturated carbocycles. The van der Waals surface area contributed by atoms with E-state index >= 15 is 0 Å². The second-order valence-corrected chi connectivity index (χ2v) is 24.2. The van der Waals surface area contributed by atoms with E-state index in [-0.39, 0.29) is 16.0 Å². The van der Waals surface area contributed by atoms with Crippen LogP contribution in [0.5, 0.6) is 0 Å². The lowest BCUT2D eigenvalue weighted by molar-refractivity contribution is -0.166. The van der Waals surface area contributed by atoms with Gasteiger partial charge in [-0.25, -0.2) is 0 Å². The van der Waals surface area contributed by atoms with E-state index < -0.39 is 32.0 Å². The highest BCUT2D eigenvalue weighted by Gasteiger charge is 2.75. The summed E-state index contributed by atoms with van der Waals surface area (Å²) in [6.07, 6.45) is 0. The minimum absolute atomic E-state index is 0.108. The third-order valence-electron chi connectivity index (χ3n) is 7.58. The van der Waals surface area contributed by atoms with E-state index in [1.54, 1.807) is 0 Å². The zero-order chi connectivity index (χ0) is 23.2. The third-order valence-corrected chi connectivity index (χ3v) is 24.2. The van der Waals surface area contributed by atoms with Crippen LogP contribution >= 0.6 is 0 Å². The van der Waals surface area contributed by atoms with Gasteiger partial charge in [-0.15, -0.1) is 0 Å². The normalized spacial score (nSPS) is 15.2. The summed E-state index contributed by atoms with van der Waals surface area (Å²) in [5.41, 5.74) is -1.60. The van der Waals surface area contributed by atoms with Crippen molar-refractivity contribution in [1.82, 2.24) is 0 Å². The summed E-state index contributed by atoms with van der Waals surface area (Å²) in [4.78, 5) is 25.8. The Morgan fingerprint density at radius 2 is 1.04 bits per heavy atom. The summed E-state index contributed by atoms with van der Waals surface area (Å²) in [7, 11) is -4.92. The van der Waals surface area contributed by atoms with Crippen LogP contribution in [0.1, 0.15) is 76.2 Å². The summed E-state index contributed by atoms with van der Waals surface area (Å²) in [5.74, 6) is -0.204. The molecule has 0 fully saturated rings. The van der Waals surface area contributed by atoms with Gasteiger partial charge in [-0.2, -0.15) is 0 Å². The van der Waals surface area contributed by atoms with Crippen LogP contribution < -0.4 is 0 Å². The van der Waals surface area contributed by atoms with Crippen molar-refractivity contribution >= 4 is 28.6 Å². The standard InChI is InChI=1S/C22H46O4Si2/c1-18(2,3)26-17(24)22(21(10,11)25-16-23,27(12,13)19(4,5)6)28(14,15)20(7,8)9/h16H,1-15H3. The maximum atomic E-state index is 14.2. The van der Waals surface area contributed by atoms with Gasteiger partial charge in [-0.3, -0.25) is 9.59 Å². The first-order chi connectivity index (χ1) is 11.9. The van der Waals surface area contributed by atoms with Gasteiger partial charge in [0.05, 0.1) is 20.8 Å². The van der Waals surface area contributed by atoms with Gasteiger partial charge in [-0.05, 0) is 44.7 Å². The van der Waals surface area contributed by atoms with Crippen LogP contribution in [-0.4, -0.2) is 39.8 Å². The molecule has 0 aromatic heterocycles. The summed E-state index contributed by atoms with van der Waals surface area (Å²) in [6.45, 7) is 32.4. The Labute approximate surface area is 176 Å². The van der Waals surface area contributed by atoms with Crippen molar-refractivity contribution in [1.29, 1.82) is 0 Å². The Morgan fingerprint density at radius 3 is 1.25 bits per heavy atom. The molecule has 0 aliphatic rings. The second-order valence-electron chi connectivity index (χ2n) is 12.7. The molecule has 0 amide bonds. The average Bonchev–Trinajstić information content (AvgIpc) is 2.32. The fourth-order valence-electron chi connectivity index (χ4n) is 4.73. The van der Waals surface area contributed by atoms with Crippen LogP contribution in [0.25, 0.3) is 0 Å². The van der Waals surface area contributed by atoms with Gasteiger partial charge in [0.25, 0.3) is 6.47 Å². The van der Waals surface area contributed by atoms with Crippen molar-refractivity contribution < 1.29 is 19.1 Å². The lowest BCUT2D eigenvalue weighted by Crippen LogP contribution is -2.75. The average molecular weight is 431 g/mol. The third kappa shape index (κ3) is 4.28. The van der Waals surface area contributed by atoms with Gasteiger partial charge < -0.3 is 9.47 Å². The lowest BCUT2D eigenvalue weighted by atomic mass is 10.0. The number of esters is 1. The van der Waals surface area contributed by atoms with Crippen molar-refractivity contribution in [3.63, 3.8) is 0 Å². The van der Waals surface area contributed by atoms with Crippen molar-refractivity contribution in [2.75, 3.05) is 0 Å². The number of hydrogen-bond acceptors (Lipinski definition) is 4. The van der Waals surface area contributed by atoms with E-state index in [2.05, 4.69) is 67.7 Å². The smallest absolute Gasteiger partial charge is 0.311 e. The van der Waals surface area contributed by atoms with Crippen molar-refractivity contribution in [2.45, 2.75) is 128 Å². The molecule has 0 N–H and O–H groups in total. The first kappa shape index (κ1) is 27.4. The molecule has 0 radical (unpaired) electrons. The highest BCUT2D eigenvalue weighted by Crippen LogP contribution is 2.67. The molecular formula is C22H46O4Si2. The van der Waals surface area contributed by atoms with E-state index in [4.69, 9.17) is 9.47 Å². The van der Waals surface area contributed by atoms with Gasteiger partial charge in [-0.1, -0.05) is 67.7 Å². The Kier molecular flexibility index (Phi) is 7.40. The van der Waals surface area contributed by atoms with Crippen molar-refractivity contribution in [2.24, 2.45) is 0 Å². The Hall–Kier alpha value is -0.626. The van der Waals surface area contributed by atoms with Crippen LogP contribution in [0.4, 0.5) is 0 Å². The Balaban J connectivity index is 7.57. The summed E-state index contributed by atoms with van der Waals surface area (Å²) >= 11 is 0. The molecule has 0 aromatic rings. The second kappa shape index (κ2) is 7.57. The van der Waals surface area contributed by atoms with Gasteiger partial charge >= 0.3 is 5.97 Å². The molecule has 0 aliphatic carbocycles. The molecule has 0 saturated heterocycles. The van der Waals surface area contributed by atoms with Crippen LogP contribution in [0.3, 0.4) is 0 Å². The lowest BCUT2D eigenvalue weighted by Gasteiger charge is -2.65. The molecule has 28 heavy (non-hydrogen) atoms. The number of carbonyl (C=O) groups excluding carboxylic acids is 2.